The average molecular weight is 284 g/mol. The van der Waals surface area contributed by atoms with Crippen LogP contribution in [0.4, 0.5) is 0 Å². The Labute approximate surface area is 120 Å². The van der Waals surface area contributed by atoms with Crippen LogP contribution in [-0.4, -0.2) is 21.3 Å². The maximum Gasteiger partial charge on any atom is 0.151 e. The third-order valence-corrected chi connectivity index (χ3v) is 3.31. The van der Waals surface area contributed by atoms with Gasteiger partial charge in [-0.15, -0.1) is 5.10 Å². The van der Waals surface area contributed by atoms with E-state index in [-0.39, 0.29) is 0 Å². The molecule has 0 aliphatic heterocycles. The predicted octanol–water partition coefficient (Wildman–Crippen LogP) is 3.40. The molecule has 0 aliphatic rings. The van der Waals surface area contributed by atoms with Crippen LogP contribution in [-0.2, 0) is 0 Å². The van der Waals surface area contributed by atoms with Crippen LogP contribution in [0.25, 0.3) is 16.9 Å². The molecule has 1 aromatic heterocycles. The van der Waals surface area contributed by atoms with E-state index in [1.807, 2.05) is 36.4 Å². The number of para-hydroxylation sites is 1. The standard InChI is InChI=1S/C15H10ClN3O/c16-14-7-6-11(8-12(14)10-20)15-9-17-18-19(15)13-4-2-1-3-5-13/h1-10H. The summed E-state index contributed by atoms with van der Waals surface area (Å²) in [6.45, 7) is 0. The summed E-state index contributed by atoms with van der Waals surface area (Å²) in [5.41, 5.74) is 2.99. The van der Waals surface area contributed by atoms with Gasteiger partial charge in [0, 0.05) is 11.1 Å². The summed E-state index contributed by atoms with van der Waals surface area (Å²) in [4.78, 5) is 11.0. The van der Waals surface area contributed by atoms with Crippen LogP contribution in [0, 0.1) is 0 Å². The van der Waals surface area contributed by atoms with Crippen LogP contribution in [0.3, 0.4) is 0 Å². The second-order valence-corrected chi connectivity index (χ2v) is 4.63. The Morgan fingerprint density at radius 2 is 1.90 bits per heavy atom. The van der Waals surface area contributed by atoms with E-state index in [1.54, 1.807) is 23.0 Å². The molecule has 5 heteroatoms. The van der Waals surface area contributed by atoms with E-state index in [1.165, 1.54) is 0 Å². The molecule has 3 rings (SSSR count). The van der Waals surface area contributed by atoms with Crippen LogP contribution in [0.1, 0.15) is 10.4 Å². The molecule has 20 heavy (non-hydrogen) atoms. The fourth-order valence-electron chi connectivity index (χ4n) is 1.99. The molecule has 0 saturated carbocycles. The van der Waals surface area contributed by atoms with Crippen molar-refractivity contribution in [2.24, 2.45) is 0 Å². The number of nitrogens with zero attached hydrogens (tertiary/aromatic N) is 3. The molecule has 0 radical (unpaired) electrons. The van der Waals surface area contributed by atoms with E-state index in [0.29, 0.717) is 10.6 Å². The van der Waals surface area contributed by atoms with Gasteiger partial charge in [0.15, 0.2) is 6.29 Å². The maximum atomic E-state index is 11.0. The Bertz CT molecular complexity index is 753. The van der Waals surface area contributed by atoms with Crippen LogP contribution in [0.2, 0.25) is 5.02 Å². The van der Waals surface area contributed by atoms with Gasteiger partial charge < -0.3 is 0 Å². The quantitative estimate of drug-likeness (QED) is 0.692. The molecular weight excluding hydrogens is 274 g/mol. The first kappa shape index (κ1) is 12.6. The van der Waals surface area contributed by atoms with Crippen LogP contribution >= 0.6 is 11.6 Å². The molecular formula is C15H10ClN3O. The number of carbonyl (C=O) groups is 1. The van der Waals surface area contributed by atoms with Crippen LogP contribution < -0.4 is 0 Å². The van der Waals surface area contributed by atoms with Crippen molar-refractivity contribution in [3.8, 4) is 16.9 Å². The van der Waals surface area contributed by atoms with Gasteiger partial charge in [-0.05, 0) is 24.3 Å². The van der Waals surface area contributed by atoms with Gasteiger partial charge in [-0.2, -0.15) is 0 Å². The Morgan fingerprint density at radius 3 is 2.65 bits per heavy atom. The van der Waals surface area contributed by atoms with Gasteiger partial charge in [0.2, 0.25) is 0 Å². The Hall–Kier alpha value is -2.46. The summed E-state index contributed by atoms with van der Waals surface area (Å²) in [6.07, 6.45) is 2.40. The first-order valence-corrected chi connectivity index (χ1v) is 6.38. The summed E-state index contributed by atoms with van der Waals surface area (Å²) in [6, 6.07) is 14.9. The maximum absolute atomic E-state index is 11.0. The van der Waals surface area contributed by atoms with Gasteiger partial charge in [-0.1, -0.05) is 41.1 Å². The van der Waals surface area contributed by atoms with Gasteiger partial charge in [0.1, 0.15) is 0 Å². The van der Waals surface area contributed by atoms with E-state index in [2.05, 4.69) is 10.3 Å². The van der Waals surface area contributed by atoms with Crippen molar-refractivity contribution in [2.75, 3.05) is 0 Å². The zero-order valence-corrected chi connectivity index (χ0v) is 11.2. The normalized spacial score (nSPS) is 10.4. The van der Waals surface area contributed by atoms with E-state index >= 15 is 0 Å². The van der Waals surface area contributed by atoms with Gasteiger partial charge in [0.05, 0.1) is 22.6 Å². The Morgan fingerprint density at radius 1 is 1.10 bits per heavy atom. The molecule has 0 fully saturated rings. The minimum Gasteiger partial charge on any atom is -0.298 e. The highest BCUT2D eigenvalue weighted by molar-refractivity contribution is 6.33. The topological polar surface area (TPSA) is 47.8 Å². The molecule has 0 bridgehead atoms. The van der Waals surface area contributed by atoms with E-state index in [0.717, 1.165) is 23.2 Å². The highest BCUT2D eigenvalue weighted by atomic mass is 35.5. The molecule has 98 valence electrons. The SMILES string of the molecule is O=Cc1cc(-c2cnnn2-c2ccccc2)ccc1Cl. The lowest BCUT2D eigenvalue weighted by atomic mass is 10.1. The highest BCUT2D eigenvalue weighted by Crippen LogP contribution is 2.25. The molecule has 0 spiro atoms. The van der Waals surface area contributed by atoms with Crippen LogP contribution in [0.15, 0.2) is 54.7 Å². The molecule has 0 aliphatic carbocycles. The third kappa shape index (κ3) is 2.21. The molecule has 0 amide bonds. The number of aldehydes is 1. The van der Waals surface area contributed by atoms with Crippen molar-refractivity contribution in [1.29, 1.82) is 0 Å². The zero-order valence-electron chi connectivity index (χ0n) is 10.4. The average Bonchev–Trinajstić information content (AvgIpc) is 2.98. The lowest BCUT2D eigenvalue weighted by Gasteiger charge is -2.07. The number of carbonyl (C=O) groups excluding carboxylic acids is 1. The monoisotopic (exact) mass is 283 g/mol. The molecule has 0 saturated heterocycles. The molecule has 0 unspecified atom stereocenters. The molecule has 0 N–H and O–H groups in total. The minimum atomic E-state index is 0.433. The van der Waals surface area contributed by atoms with Gasteiger partial charge in [0.25, 0.3) is 0 Å². The van der Waals surface area contributed by atoms with Gasteiger partial charge >= 0.3 is 0 Å². The van der Waals surface area contributed by atoms with Crippen molar-refractivity contribution < 1.29 is 4.79 Å². The van der Waals surface area contributed by atoms with Crippen molar-refractivity contribution in [3.05, 3.63) is 65.3 Å². The number of halogens is 1. The predicted molar refractivity (Wildman–Crippen MR) is 77.2 cm³/mol. The molecule has 2 aromatic carbocycles. The summed E-state index contributed by atoms with van der Waals surface area (Å²) in [5, 5.41) is 8.46. The van der Waals surface area contributed by atoms with E-state index < -0.39 is 0 Å². The third-order valence-electron chi connectivity index (χ3n) is 2.97. The van der Waals surface area contributed by atoms with Crippen molar-refractivity contribution in [1.82, 2.24) is 15.0 Å². The summed E-state index contributed by atoms with van der Waals surface area (Å²) >= 11 is 5.95. The summed E-state index contributed by atoms with van der Waals surface area (Å²) < 4.78 is 1.72. The number of aromatic nitrogens is 3. The van der Waals surface area contributed by atoms with Crippen molar-refractivity contribution in [2.45, 2.75) is 0 Å². The molecule has 0 atom stereocenters. The number of hydrogen-bond donors (Lipinski definition) is 0. The molecule has 3 aromatic rings. The number of rotatable bonds is 3. The minimum absolute atomic E-state index is 0.433. The van der Waals surface area contributed by atoms with Gasteiger partial charge in [-0.25, -0.2) is 4.68 Å². The first-order chi connectivity index (χ1) is 9.79. The van der Waals surface area contributed by atoms with E-state index in [4.69, 9.17) is 11.6 Å². The molecule has 1 heterocycles. The first-order valence-electron chi connectivity index (χ1n) is 6.01. The largest absolute Gasteiger partial charge is 0.298 e. The lowest BCUT2D eigenvalue weighted by molar-refractivity contribution is 0.112. The zero-order chi connectivity index (χ0) is 13.9. The van der Waals surface area contributed by atoms with Crippen molar-refractivity contribution >= 4 is 17.9 Å². The fourth-order valence-corrected chi connectivity index (χ4v) is 2.15. The Balaban J connectivity index is 2.13. The smallest absolute Gasteiger partial charge is 0.151 e. The second-order valence-electron chi connectivity index (χ2n) is 4.22. The van der Waals surface area contributed by atoms with Crippen LogP contribution in [0.5, 0.6) is 0 Å². The number of hydrogen-bond acceptors (Lipinski definition) is 3. The Kier molecular flexibility index (Phi) is 3.31. The summed E-state index contributed by atoms with van der Waals surface area (Å²) in [7, 11) is 0. The van der Waals surface area contributed by atoms with Crippen molar-refractivity contribution in [3.63, 3.8) is 0 Å². The lowest BCUT2D eigenvalue weighted by Crippen LogP contribution is -1.99. The number of benzene rings is 2. The highest BCUT2D eigenvalue weighted by Gasteiger charge is 2.10. The van der Waals surface area contributed by atoms with Gasteiger partial charge in [-0.3, -0.25) is 4.79 Å². The second kappa shape index (κ2) is 5.27. The fraction of sp³-hybridized carbons (Fsp3) is 0. The molecule has 4 nitrogen and oxygen atoms in total. The summed E-state index contributed by atoms with van der Waals surface area (Å²) in [5.74, 6) is 0. The van der Waals surface area contributed by atoms with E-state index in [9.17, 15) is 4.79 Å².